The first kappa shape index (κ1) is 18.9. The van der Waals surface area contributed by atoms with Crippen LogP contribution in [-0.2, 0) is 16.3 Å². The lowest BCUT2D eigenvalue weighted by Gasteiger charge is -2.30. The Hall–Kier alpha value is -2.41. The zero-order valence-electron chi connectivity index (χ0n) is 16.0. The maximum atomic E-state index is 13.0. The first-order chi connectivity index (χ1) is 13.5. The van der Waals surface area contributed by atoms with Crippen LogP contribution < -0.4 is 9.80 Å². The Morgan fingerprint density at radius 3 is 2.75 bits per heavy atom. The molecule has 1 fully saturated rings. The van der Waals surface area contributed by atoms with Crippen LogP contribution in [0.2, 0.25) is 0 Å². The molecule has 1 saturated heterocycles. The molecule has 2 aliphatic rings. The maximum Gasteiger partial charge on any atom is 0.259 e. The first-order valence-corrected chi connectivity index (χ1v) is 11.6. The van der Waals surface area contributed by atoms with E-state index in [0.29, 0.717) is 25.1 Å². The number of anilines is 2. The third kappa shape index (κ3) is 3.63. The standard InChI is InChI=1S/C21H25N3O3S/c1-2-23(18-11-13-28(26,27)15-18)20-10-9-17(14-22-20)21(25)24-12-5-7-16-6-3-4-8-19(16)24/h3-4,6,8-10,14,18H,2,5,7,11-13,15H2,1H3. The van der Waals surface area contributed by atoms with Crippen molar-refractivity contribution in [3.8, 4) is 0 Å². The molecule has 28 heavy (non-hydrogen) atoms. The van der Waals surface area contributed by atoms with Gasteiger partial charge in [-0.05, 0) is 49.9 Å². The number of nitrogens with zero attached hydrogens (tertiary/aromatic N) is 3. The number of aromatic nitrogens is 1. The Balaban J connectivity index is 1.54. The fraction of sp³-hybridized carbons (Fsp3) is 0.429. The van der Waals surface area contributed by atoms with Crippen LogP contribution in [0.4, 0.5) is 11.5 Å². The Kier molecular flexibility index (Phi) is 5.10. The fourth-order valence-corrected chi connectivity index (χ4v) is 5.94. The summed E-state index contributed by atoms with van der Waals surface area (Å²) in [5.74, 6) is 1.09. The van der Waals surface area contributed by atoms with Gasteiger partial charge in [0, 0.05) is 31.0 Å². The van der Waals surface area contributed by atoms with Crippen LogP contribution in [0, 0.1) is 0 Å². The van der Waals surface area contributed by atoms with Crippen molar-refractivity contribution in [2.45, 2.75) is 32.2 Å². The molecule has 1 amide bonds. The Morgan fingerprint density at radius 2 is 2.07 bits per heavy atom. The second kappa shape index (κ2) is 7.54. The van der Waals surface area contributed by atoms with Gasteiger partial charge in [-0.2, -0.15) is 0 Å². The van der Waals surface area contributed by atoms with Crippen molar-refractivity contribution in [3.05, 3.63) is 53.7 Å². The molecule has 148 valence electrons. The maximum absolute atomic E-state index is 13.0. The zero-order valence-corrected chi connectivity index (χ0v) is 16.9. The zero-order chi connectivity index (χ0) is 19.7. The van der Waals surface area contributed by atoms with E-state index in [4.69, 9.17) is 0 Å². The van der Waals surface area contributed by atoms with E-state index < -0.39 is 9.84 Å². The lowest BCUT2D eigenvalue weighted by atomic mass is 10.0. The molecule has 1 aromatic heterocycles. The molecule has 1 unspecified atom stereocenters. The van der Waals surface area contributed by atoms with Gasteiger partial charge in [-0.3, -0.25) is 4.79 Å². The van der Waals surface area contributed by atoms with Crippen LogP contribution in [0.15, 0.2) is 42.6 Å². The molecule has 0 N–H and O–H groups in total. The lowest BCUT2D eigenvalue weighted by molar-refractivity contribution is 0.0985. The summed E-state index contributed by atoms with van der Waals surface area (Å²) in [6, 6.07) is 11.6. The highest BCUT2D eigenvalue weighted by molar-refractivity contribution is 7.91. The van der Waals surface area contributed by atoms with Crippen LogP contribution in [-0.4, -0.2) is 49.9 Å². The summed E-state index contributed by atoms with van der Waals surface area (Å²) < 4.78 is 23.6. The second-order valence-electron chi connectivity index (χ2n) is 7.44. The van der Waals surface area contributed by atoms with Crippen LogP contribution in [0.5, 0.6) is 0 Å². The van der Waals surface area contributed by atoms with Gasteiger partial charge in [-0.15, -0.1) is 0 Å². The molecule has 7 heteroatoms. The van der Waals surface area contributed by atoms with Crippen molar-refractivity contribution in [2.75, 3.05) is 34.4 Å². The van der Waals surface area contributed by atoms with Gasteiger partial charge in [0.1, 0.15) is 5.82 Å². The third-order valence-electron chi connectivity index (χ3n) is 5.63. The molecule has 3 heterocycles. The van der Waals surface area contributed by atoms with Crippen LogP contribution in [0.3, 0.4) is 0 Å². The van der Waals surface area contributed by atoms with Crippen molar-refractivity contribution in [1.29, 1.82) is 0 Å². The smallest absolute Gasteiger partial charge is 0.259 e. The summed E-state index contributed by atoms with van der Waals surface area (Å²) in [6.07, 6.45) is 4.19. The normalized spacial score (nSPS) is 20.6. The highest BCUT2D eigenvalue weighted by atomic mass is 32.2. The number of aryl methyl sites for hydroxylation is 1. The molecule has 0 spiro atoms. The third-order valence-corrected chi connectivity index (χ3v) is 7.38. The summed E-state index contributed by atoms with van der Waals surface area (Å²) in [6.45, 7) is 3.38. The topological polar surface area (TPSA) is 70.6 Å². The van der Waals surface area contributed by atoms with Crippen LogP contribution >= 0.6 is 0 Å². The summed E-state index contributed by atoms with van der Waals surface area (Å²) in [4.78, 5) is 21.4. The summed E-state index contributed by atoms with van der Waals surface area (Å²) >= 11 is 0. The second-order valence-corrected chi connectivity index (χ2v) is 9.67. The number of fused-ring (bicyclic) bond motifs is 1. The van der Waals surface area contributed by atoms with Gasteiger partial charge in [0.2, 0.25) is 0 Å². The Bertz CT molecular complexity index is 973. The molecule has 1 aromatic carbocycles. The van der Waals surface area contributed by atoms with Crippen molar-refractivity contribution in [1.82, 2.24) is 4.98 Å². The molecular formula is C21H25N3O3S. The van der Waals surface area contributed by atoms with Gasteiger partial charge in [0.15, 0.2) is 9.84 Å². The molecule has 2 aliphatic heterocycles. The Morgan fingerprint density at radius 1 is 1.25 bits per heavy atom. The first-order valence-electron chi connectivity index (χ1n) is 9.81. The molecule has 2 aromatic rings. The molecular weight excluding hydrogens is 374 g/mol. The average molecular weight is 400 g/mol. The quantitative estimate of drug-likeness (QED) is 0.791. The van der Waals surface area contributed by atoms with Gasteiger partial charge in [0.25, 0.3) is 5.91 Å². The van der Waals surface area contributed by atoms with Gasteiger partial charge in [0.05, 0.1) is 17.1 Å². The molecule has 0 radical (unpaired) electrons. The average Bonchev–Trinajstić information content (AvgIpc) is 3.07. The summed E-state index contributed by atoms with van der Waals surface area (Å²) in [7, 11) is -2.95. The van der Waals surface area contributed by atoms with Gasteiger partial charge >= 0.3 is 0 Å². The van der Waals surface area contributed by atoms with E-state index in [1.807, 2.05) is 41.0 Å². The molecule has 6 nitrogen and oxygen atoms in total. The predicted molar refractivity (Wildman–Crippen MR) is 111 cm³/mol. The predicted octanol–water partition coefficient (Wildman–Crippen LogP) is 2.69. The Labute approximate surface area is 166 Å². The van der Waals surface area contributed by atoms with Crippen molar-refractivity contribution < 1.29 is 13.2 Å². The molecule has 4 rings (SSSR count). The van der Waals surface area contributed by atoms with Gasteiger partial charge < -0.3 is 9.80 Å². The molecule has 1 atom stereocenters. The number of carbonyl (C=O) groups excluding carboxylic acids is 1. The SMILES string of the molecule is CCN(c1ccc(C(=O)N2CCCc3ccccc32)cn1)C1CCS(=O)(=O)C1. The molecule has 0 aliphatic carbocycles. The minimum absolute atomic E-state index is 0.0435. The fourth-order valence-electron chi connectivity index (χ4n) is 4.21. The number of rotatable bonds is 4. The largest absolute Gasteiger partial charge is 0.353 e. The van der Waals surface area contributed by atoms with E-state index in [0.717, 1.165) is 24.3 Å². The van der Waals surface area contributed by atoms with Crippen molar-refractivity contribution in [2.24, 2.45) is 0 Å². The van der Waals surface area contributed by atoms with Crippen molar-refractivity contribution in [3.63, 3.8) is 0 Å². The highest BCUT2D eigenvalue weighted by Crippen LogP contribution is 2.28. The van der Waals surface area contributed by atoms with Crippen molar-refractivity contribution >= 4 is 27.2 Å². The van der Waals surface area contributed by atoms with E-state index in [9.17, 15) is 13.2 Å². The monoisotopic (exact) mass is 399 g/mol. The number of amides is 1. The minimum Gasteiger partial charge on any atom is -0.353 e. The number of carbonyl (C=O) groups is 1. The summed E-state index contributed by atoms with van der Waals surface area (Å²) in [5, 5.41) is 0. The van der Waals surface area contributed by atoms with Crippen LogP contribution in [0.25, 0.3) is 0 Å². The lowest BCUT2D eigenvalue weighted by Crippen LogP contribution is -2.37. The van der Waals surface area contributed by atoms with E-state index in [1.165, 1.54) is 5.56 Å². The van der Waals surface area contributed by atoms with E-state index in [1.54, 1.807) is 12.3 Å². The van der Waals surface area contributed by atoms with Gasteiger partial charge in [-0.1, -0.05) is 18.2 Å². The number of para-hydroxylation sites is 1. The van der Waals surface area contributed by atoms with E-state index in [-0.39, 0.29) is 23.5 Å². The highest BCUT2D eigenvalue weighted by Gasteiger charge is 2.32. The number of pyridine rings is 1. The molecule has 0 saturated carbocycles. The van der Waals surface area contributed by atoms with E-state index in [2.05, 4.69) is 11.1 Å². The van der Waals surface area contributed by atoms with Gasteiger partial charge in [-0.25, -0.2) is 13.4 Å². The summed E-state index contributed by atoms with van der Waals surface area (Å²) in [5.41, 5.74) is 2.73. The number of benzene rings is 1. The van der Waals surface area contributed by atoms with E-state index >= 15 is 0 Å². The minimum atomic E-state index is -2.95. The number of sulfone groups is 1. The van der Waals surface area contributed by atoms with Crippen LogP contribution in [0.1, 0.15) is 35.7 Å². The molecule has 0 bridgehead atoms. The number of hydrogen-bond donors (Lipinski definition) is 0. The number of hydrogen-bond acceptors (Lipinski definition) is 5.